The minimum atomic E-state index is -0.115. The van der Waals surface area contributed by atoms with Crippen LogP contribution in [0.3, 0.4) is 0 Å². The average Bonchev–Trinajstić information content (AvgIpc) is 2.01. The van der Waals surface area contributed by atoms with Gasteiger partial charge in [-0.05, 0) is 19.4 Å². The molecule has 1 aromatic heterocycles. The van der Waals surface area contributed by atoms with Crippen LogP contribution in [0.25, 0.3) is 0 Å². The summed E-state index contributed by atoms with van der Waals surface area (Å²) in [5.41, 5.74) is 0.703. The Balaban J connectivity index is 2.64. The van der Waals surface area contributed by atoms with Gasteiger partial charge in [0.15, 0.2) is 0 Å². The van der Waals surface area contributed by atoms with Crippen molar-refractivity contribution in [2.45, 2.75) is 19.8 Å². The van der Waals surface area contributed by atoms with Gasteiger partial charge in [-0.15, -0.1) is 0 Å². The first-order valence-electron chi connectivity index (χ1n) is 3.86. The molecule has 1 heterocycles. The molecule has 1 aromatic rings. The van der Waals surface area contributed by atoms with Crippen LogP contribution in [0.4, 0.5) is 0 Å². The van der Waals surface area contributed by atoms with Gasteiger partial charge >= 0.3 is 0 Å². The highest BCUT2D eigenvalue weighted by molar-refractivity contribution is 5.75. The van der Waals surface area contributed by atoms with Crippen molar-refractivity contribution in [3.8, 4) is 0 Å². The number of nitrogens with one attached hydrogen (secondary N) is 1. The van der Waals surface area contributed by atoms with Crippen LogP contribution in [-0.4, -0.2) is 10.8 Å². The molecule has 0 aliphatic heterocycles. The van der Waals surface area contributed by atoms with E-state index < -0.39 is 0 Å². The second-order valence-corrected chi connectivity index (χ2v) is 2.74. The monoisotopic (exact) mass is 165 g/mol. The summed E-state index contributed by atoms with van der Waals surface area (Å²) in [5, 5.41) is 0. The number of carbonyl (C=O) groups excluding carboxylic acids is 1. The lowest BCUT2D eigenvalue weighted by Gasteiger charge is -1.96. The Labute approximate surface area is 70.4 Å². The first-order valence-corrected chi connectivity index (χ1v) is 3.86. The maximum Gasteiger partial charge on any atom is 0.248 e. The highest BCUT2D eigenvalue weighted by atomic mass is 16.1. The van der Waals surface area contributed by atoms with E-state index in [1.54, 1.807) is 13.0 Å². The largest absolute Gasteiger partial charge is 0.326 e. The number of rotatable bonds is 3. The summed E-state index contributed by atoms with van der Waals surface area (Å²) in [6.45, 7) is 1.54. The first-order chi connectivity index (χ1) is 5.68. The van der Waals surface area contributed by atoms with Gasteiger partial charge in [-0.1, -0.05) is 6.07 Å². The number of carbonyl (C=O) groups is 1. The summed E-state index contributed by atoms with van der Waals surface area (Å²) < 4.78 is 0. The number of ketones is 1. The van der Waals surface area contributed by atoms with Crippen LogP contribution in [0.1, 0.15) is 19.0 Å². The Kier molecular flexibility index (Phi) is 2.80. The van der Waals surface area contributed by atoms with E-state index in [1.165, 1.54) is 6.07 Å². The van der Waals surface area contributed by atoms with E-state index in [4.69, 9.17) is 0 Å². The Hall–Kier alpha value is -1.38. The third-order valence-corrected chi connectivity index (χ3v) is 1.58. The molecule has 0 aromatic carbocycles. The van der Waals surface area contributed by atoms with Gasteiger partial charge < -0.3 is 9.78 Å². The van der Waals surface area contributed by atoms with Crippen LogP contribution in [0.2, 0.25) is 0 Å². The summed E-state index contributed by atoms with van der Waals surface area (Å²) in [5.74, 6) is 0.139. The number of Topliss-reactive ketones (excluding diaryl/α,β-unsaturated/α-hetero) is 1. The molecule has 3 nitrogen and oxygen atoms in total. The lowest BCUT2D eigenvalue weighted by molar-refractivity contribution is -0.116. The van der Waals surface area contributed by atoms with Gasteiger partial charge in [-0.25, -0.2) is 0 Å². The minimum absolute atomic E-state index is 0.115. The first kappa shape index (κ1) is 8.71. The molecule has 0 amide bonds. The Morgan fingerprint density at radius 2 is 2.25 bits per heavy atom. The predicted octanol–water partition coefficient (Wildman–Crippen LogP) is 0.897. The fourth-order valence-corrected chi connectivity index (χ4v) is 0.950. The Morgan fingerprint density at radius 1 is 1.50 bits per heavy atom. The SMILES string of the molecule is CC(=O)CCc1cccc(=O)[nH]1. The molecule has 0 aliphatic rings. The molecule has 0 spiro atoms. The third kappa shape index (κ3) is 2.70. The predicted molar refractivity (Wildman–Crippen MR) is 46.1 cm³/mol. The number of hydrogen-bond acceptors (Lipinski definition) is 2. The molecule has 0 radical (unpaired) electrons. The second kappa shape index (κ2) is 3.85. The number of hydrogen-bond donors (Lipinski definition) is 1. The van der Waals surface area contributed by atoms with E-state index in [9.17, 15) is 9.59 Å². The zero-order valence-corrected chi connectivity index (χ0v) is 6.96. The molecule has 0 bridgehead atoms. The lowest BCUT2D eigenvalue weighted by atomic mass is 10.2. The van der Waals surface area contributed by atoms with E-state index >= 15 is 0 Å². The summed E-state index contributed by atoms with van der Waals surface area (Å²) >= 11 is 0. The molecule has 0 aliphatic carbocycles. The summed E-state index contributed by atoms with van der Waals surface area (Å²) in [6.07, 6.45) is 1.10. The van der Waals surface area contributed by atoms with Crippen molar-refractivity contribution in [3.63, 3.8) is 0 Å². The molecular formula is C9H11NO2. The molecule has 0 saturated carbocycles. The fraction of sp³-hybridized carbons (Fsp3) is 0.333. The normalized spacial score (nSPS) is 9.75. The van der Waals surface area contributed by atoms with Gasteiger partial charge in [0.25, 0.3) is 0 Å². The summed E-state index contributed by atoms with van der Waals surface area (Å²) in [4.78, 5) is 24.1. The van der Waals surface area contributed by atoms with E-state index in [-0.39, 0.29) is 11.3 Å². The van der Waals surface area contributed by atoms with Crippen molar-refractivity contribution < 1.29 is 4.79 Å². The van der Waals surface area contributed by atoms with Crippen molar-refractivity contribution in [3.05, 3.63) is 34.2 Å². The van der Waals surface area contributed by atoms with Crippen LogP contribution >= 0.6 is 0 Å². The average molecular weight is 165 g/mol. The van der Waals surface area contributed by atoms with E-state index in [0.29, 0.717) is 12.8 Å². The van der Waals surface area contributed by atoms with Crippen LogP contribution in [0.5, 0.6) is 0 Å². The van der Waals surface area contributed by atoms with E-state index in [0.717, 1.165) is 5.69 Å². The summed E-state index contributed by atoms with van der Waals surface area (Å²) in [7, 11) is 0. The molecule has 12 heavy (non-hydrogen) atoms. The van der Waals surface area contributed by atoms with Gasteiger partial charge in [0.1, 0.15) is 5.78 Å². The minimum Gasteiger partial charge on any atom is -0.326 e. The van der Waals surface area contributed by atoms with Crippen LogP contribution in [0.15, 0.2) is 23.0 Å². The molecule has 1 N–H and O–H groups in total. The van der Waals surface area contributed by atoms with Gasteiger partial charge in [-0.3, -0.25) is 4.79 Å². The highest BCUT2D eigenvalue weighted by Gasteiger charge is 1.96. The molecule has 64 valence electrons. The lowest BCUT2D eigenvalue weighted by Crippen LogP contribution is -2.07. The molecule has 0 fully saturated rings. The van der Waals surface area contributed by atoms with Crippen molar-refractivity contribution in [2.75, 3.05) is 0 Å². The number of pyridine rings is 1. The maximum absolute atomic E-state index is 10.8. The standard InChI is InChI=1S/C9H11NO2/c1-7(11)5-6-8-3-2-4-9(12)10-8/h2-4H,5-6H2,1H3,(H,10,12). The zero-order chi connectivity index (χ0) is 8.97. The Morgan fingerprint density at radius 3 is 2.83 bits per heavy atom. The van der Waals surface area contributed by atoms with Crippen molar-refractivity contribution in [1.29, 1.82) is 0 Å². The number of H-pyrrole nitrogens is 1. The topological polar surface area (TPSA) is 49.9 Å². The molecule has 0 atom stereocenters. The quantitative estimate of drug-likeness (QED) is 0.723. The smallest absolute Gasteiger partial charge is 0.248 e. The van der Waals surface area contributed by atoms with Crippen molar-refractivity contribution in [2.24, 2.45) is 0 Å². The van der Waals surface area contributed by atoms with Crippen molar-refractivity contribution >= 4 is 5.78 Å². The number of aromatic nitrogens is 1. The molecular weight excluding hydrogens is 154 g/mol. The molecule has 0 saturated heterocycles. The Bertz CT molecular complexity index is 327. The maximum atomic E-state index is 10.8. The van der Waals surface area contributed by atoms with Gasteiger partial charge in [0.05, 0.1) is 0 Å². The zero-order valence-electron chi connectivity index (χ0n) is 6.96. The molecule has 0 unspecified atom stereocenters. The van der Waals surface area contributed by atoms with E-state index in [1.807, 2.05) is 6.07 Å². The number of aryl methyl sites for hydroxylation is 1. The second-order valence-electron chi connectivity index (χ2n) is 2.74. The van der Waals surface area contributed by atoms with E-state index in [2.05, 4.69) is 4.98 Å². The van der Waals surface area contributed by atoms with Gasteiger partial charge in [-0.2, -0.15) is 0 Å². The van der Waals surface area contributed by atoms with Crippen LogP contribution < -0.4 is 5.56 Å². The third-order valence-electron chi connectivity index (χ3n) is 1.58. The van der Waals surface area contributed by atoms with Crippen LogP contribution in [-0.2, 0) is 11.2 Å². The van der Waals surface area contributed by atoms with Gasteiger partial charge in [0.2, 0.25) is 5.56 Å². The molecule has 3 heteroatoms. The highest BCUT2D eigenvalue weighted by Crippen LogP contribution is 1.96. The number of aromatic amines is 1. The van der Waals surface area contributed by atoms with Crippen molar-refractivity contribution in [1.82, 2.24) is 4.98 Å². The van der Waals surface area contributed by atoms with Crippen LogP contribution in [0, 0.1) is 0 Å². The fourth-order valence-electron chi connectivity index (χ4n) is 0.950. The summed E-state index contributed by atoms with van der Waals surface area (Å²) in [6, 6.07) is 4.95. The van der Waals surface area contributed by atoms with Gasteiger partial charge in [0, 0.05) is 18.2 Å². The molecule has 1 rings (SSSR count).